The first-order valence-corrected chi connectivity index (χ1v) is 7.46. The molecule has 0 amide bonds. The SMILES string of the molecule is CN(CCCCC(C)(C)CN)CCc1ccccc1. The average molecular weight is 262 g/mol. The lowest BCUT2D eigenvalue weighted by molar-refractivity contribution is 0.295. The minimum Gasteiger partial charge on any atom is -0.330 e. The van der Waals surface area contributed by atoms with Gasteiger partial charge in [0.25, 0.3) is 0 Å². The molecule has 19 heavy (non-hydrogen) atoms. The number of unbranched alkanes of at least 4 members (excludes halogenated alkanes) is 1. The van der Waals surface area contributed by atoms with Crippen LogP contribution in [0.1, 0.15) is 38.7 Å². The highest BCUT2D eigenvalue weighted by atomic mass is 15.1. The van der Waals surface area contributed by atoms with Crippen molar-refractivity contribution in [3.8, 4) is 0 Å². The Morgan fingerprint density at radius 2 is 1.74 bits per heavy atom. The Bertz CT molecular complexity index is 332. The Kier molecular flexibility index (Phi) is 7.11. The van der Waals surface area contributed by atoms with Gasteiger partial charge in [0.2, 0.25) is 0 Å². The van der Waals surface area contributed by atoms with Gasteiger partial charge in [-0.05, 0) is 50.4 Å². The average Bonchev–Trinajstić information content (AvgIpc) is 2.42. The molecule has 2 heteroatoms. The number of nitrogens with two attached hydrogens (primary N) is 1. The zero-order valence-corrected chi connectivity index (χ0v) is 12.9. The second-order valence-corrected chi connectivity index (χ2v) is 6.36. The van der Waals surface area contributed by atoms with Crippen LogP contribution in [0.4, 0.5) is 0 Å². The summed E-state index contributed by atoms with van der Waals surface area (Å²) in [6, 6.07) is 10.7. The van der Waals surface area contributed by atoms with Gasteiger partial charge in [-0.3, -0.25) is 0 Å². The summed E-state index contributed by atoms with van der Waals surface area (Å²) in [5, 5.41) is 0. The van der Waals surface area contributed by atoms with Crippen LogP contribution >= 0.6 is 0 Å². The van der Waals surface area contributed by atoms with Gasteiger partial charge in [-0.1, -0.05) is 50.6 Å². The van der Waals surface area contributed by atoms with E-state index in [1.54, 1.807) is 0 Å². The van der Waals surface area contributed by atoms with Crippen LogP contribution in [-0.2, 0) is 6.42 Å². The molecule has 1 aromatic carbocycles. The van der Waals surface area contributed by atoms with Gasteiger partial charge in [0.15, 0.2) is 0 Å². The zero-order chi connectivity index (χ0) is 14.1. The van der Waals surface area contributed by atoms with Gasteiger partial charge in [-0.15, -0.1) is 0 Å². The summed E-state index contributed by atoms with van der Waals surface area (Å²) >= 11 is 0. The molecular formula is C17H30N2. The lowest BCUT2D eigenvalue weighted by Gasteiger charge is -2.23. The molecule has 0 spiro atoms. The maximum Gasteiger partial charge on any atom is 0.00188 e. The molecule has 0 radical (unpaired) electrons. The van der Waals surface area contributed by atoms with E-state index in [1.807, 2.05) is 0 Å². The number of benzene rings is 1. The van der Waals surface area contributed by atoms with E-state index in [0.717, 1.165) is 19.5 Å². The van der Waals surface area contributed by atoms with Crippen molar-refractivity contribution < 1.29 is 0 Å². The first-order valence-electron chi connectivity index (χ1n) is 7.46. The molecule has 0 bridgehead atoms. The van der Waals surface area contributed by atoms with Crippen LogP contribution < -0.4 is 5.73 Å². The van der Waals surface area contributed by atoms with E-state index in [-0.39, 0.29) is 0 Å². The summed E-state index contributed by atoms with van der Waals surface area (Å²) in [5.41, 5.74) is 7.49. The summed E-state index contributed by atoms with van der Waals surface area (Å²) < 4.78 is 0. The first kappa shape index (κ1) is 16.2. The Morgan fingerprint density at radius 1 is 1.05 bits per heavy atom. The summed E-state index contributed by atoms with van der Waals surface area (Å²) in [4.78, 5) is 2.43. The largest absolute Gasteiger partial charge is 0.330 e. The molecule has 1 rings (SSSR count). The van der Waals surface area contributed by atoms with E-state index in [4.69, 9.17) is 5.73 Å². The number of likely N-dealkylation sites (N-methyl/N-ethyl adjacent to an activating group) is 1. The second kappa shape index (κ2) is 8.34. The molecule has 0 saturated carbocycles. The highest BCUT2D eigenvalue weighted by Crippen LogP contribution is 2.21. The van der Waals surface area contributed by atoms with E-state index in [9.17, 15) is 0 Å². The fourth-order valence-electron chi connectivity index (χ4n) is 2.16. The fourth-order valence-corrected chi connectivity index (χ4v) is 2.16. The monoisotopic (exact) mass is 262 g/mol. The number of nitrogens with zero attached hydrogens (tertiary/aromatic N) is 1. The van der Waals surface area contributed by atoms with Crippen molar-refractivity contribution in [3.05, 3.63) is 35.9 Å². The van der Waals surface area contributed by atoms with Gasteiger partial charge in [-0.25, -0.2) is 0 Å². The quantitative estimate of drug-likeness (QED) is 0.692. The van der Waals surface area contributed by atoms with E-state index < -0.39 is 0 Å². The topological polar surface area (TPSA) is 29.3 Å². The molecule has 1 aromatic rings. The van der Waals surface area contributed by atoms with Crippen molar-refractivity contribution in [1.82, 2.24) is 4.90 Å². The van der Waals surface area contributed by atoms with Crippen LogP contribution in [0.2, 0.25) is 0 Å². The lowest BCUT2D eigenvalue weighted by Crippen LogP contribution is -2.25. The zero-order valence-electron chi connectivity index (χ0n) is 12.9. The molecule has 2 nitrogen and oxygen atoms in total. The minimum atomic E-state index is 0.308. The molecular weight excluding hydrogens is 232 g/mol. The van der Waals surface area contributed by atoms with Crippen LogP contribution in [0, 0.1) is 5.41 Å². The number of hydrogen-bond acceptors (Lipinski definition) is 2. The van der Waals surface area contributed by atoms with Gasteiger partial charge in [0.1, 0.15) is 0 Å². The van der Waals surface area contributed by atoms with Crippen molar-refractivity contribution in [2.24, 2.45) is 11.1 Å². The van der Waals surface area contributed by atoms with Gasteiger partial charge < -0.3 is 10.6 Å². The molecule has 0 saturated heterocycles. The number of rotatable bonds is 9. The summed E-state index contributed by atoms with van der Waals surface area (Å²) in [6.45, 7) is 7.63. The van der Waals surface area contributed by atoms with Crippen molar-refractivity contribution in [2.45, 2.75) is 39.5 Å². The summed E-state index contributed by atoms with van der Waals surface area (Å²) in [6.07, 6.45) is 4.93. The third-order valence-corrected chi connectivity index (χ3v) is 3.82. The molecule has 0 heterocycles. The highest BCUT2D eigenvalue weighted by Gasteiger charge is 2.14. The normalized spacial score (nSPS) is 12.1. The summed E-state index contributed by atoms with van der Waals surface area (Å²) in [7, 11) is 2.22. The third kappa shape index (κ3) is 7.34. The Balaban J connectivity index is 2.10. The molecule has 0 aliphatic carbocycles. The highest BCUT2D eigenvalue weighted by molar-refractivity contribution is 5.14. The molecule has 0 aliphatic rings. The van der Waals surface area contributed by atoms with E-state index in [1.165, 1.54) is 31.4 Å². The van der Waals surface area contributed by atoms with Gasteiger partial charge in [-0.2, -0.15) is 0 Å². The van der Waals surface area contributed by atoms with Crippen molar-refractivity contribution >= 4 is 0 Å². The predicted molar refractivity (Wildman–Crippen MR) is 84.3 cm³/mol. The Morgan fingerprint density at radius 3 is 2.37 bits per heavy atom. The van der Waals surface area contributed by atoms with Crippen molar-refractivity contribution in [3.63, 3.8) is 0 Å². The van der Waals surface area contributed by atoms with Gasteiger partial charge in [0.05, 0.1) is 0 Å². The minimum absolute atomic E-state index is 0.308. The van der Waals surface area contributed by atoms with E-state index in [0.29, 0.717) is 5.41 Å². The molecule has 0 fully saturated rings. The first-order chi connectivity index (χ1) is 9.03. The van der Waals surface area contributed by atoms with Gasteiger partial charge in [0, 0.05) is 6.54 Å². The molecule has 0 aromatic heterocycles. The molecule has 108 valence electrons. The smallest absolute Gasteiger partial charge is 0.00188 e. The van der Waals surface area contributed by atoms with E-state index in [2.05, 4.69) is 56.1 Å². The maximum atomic E-state index is 5.75. The third-order valence-electron chi connectivity index (χ3n) is 3.82. The number of hydrogen-bond donors (Lipinski definition) is 1. The van der Waals surface area contributed by atoms with Crippen LogP contribution in [0.3, 0.4) is 0 Å². The van der Waals surface area contributed by atoms with Crippen molar-refractivity contribution in [2.75, 3.05) is 26.7 Å². The molecule has 0 unspecified atom stereocenters. The Labute approximate surface area is 119 Å². The summed E-state index contributed by atoms with van der Waals surface area (Å²) in [5.74, 6) is 0. The van der Waals surface area contributed by atoms with Crippen LogP contribution in [0.5, 0.6) is 0 Å². The maximum absolute atomic E-state index is 5.75. The second-order valence-electron chi connectivity index (χ2n) is 6.36. The molecule has 0 aliphatic heterocycles. The Hall–Kier alpha value is -0.860. The predicted octanol–water partition coefficient (Wildman–Crippen LogP) is 3.32. The van der Waals surface area contributed by atoms with E-state index >= 15 is 0 Å². The lowest BCUT2D eigenvalue weighted by atomic mass is 9.87. The van der Waals surface area contributed by atoms with Crippen LogP contribution in [0.25, 0.3) is 0 Å². The molecule has 2 N–H and O–H groups in total. The van der Waals surface area contributed by atoms with Gasteiger partial charge >= 0.3 is 0 Å². The molecule has 0 atom stereocenters. The standard InChI is InChI=1S/C17H30N2/c1-17(2,15-18)12-7-8-13-19(3)14-11-16-9-5-4-6-10-16/h4-6,9-10H,7-8,11-15,18H2,1-3H3. The van der Waals surface area contributed by atoms with Crippen LogP contribution in [0.15, 0.2) is 30.3 Å². The van der Waals surface area contributed by atoms with Crippen LogP contribution in [-0.4, -0.2) is 31.6 Å². The van der Waals surface area contributed by atoms with Crippen molar-refractivity contribution in [1.29, 1.82) is 0 Å². The fraction of sp³-hybridized carbons (Fsp3) is 0.647.